The van der Waals surface area contributed by atoms with Gasteiger partial charge in [-0.15, -0.1) is 0 Å². The lowest BCUT2D eigenvalue weighted by atomic mass is 10.1. The van der Waals surface area contributed by atoms with Crippen molar-refractivity contribution >= 4 is 28.8 Å². The fraction of sp³-hybridized carbons (Fsp3) is 0.222. The van der Waals surface area contributed by atoms with Gasteiger partial charge >= 0.3 is 0 Å². The number of pyridine rings is 1. The van der Waals surface area contributed by atoms with Gasteiger partial charge in [-0.05, 0) is 12.1 Å². The third-order valence-corrected chi connectivity index (χ3v) is 4.07. The number of methoxy groups -OCH3 is 1. The van der Waals surface area contributed by atoms with Crippen LogP contribution >= 0.6 is 11.6 Å². The number of rotatable bonds is 6. The Morgan fingerprint density at radius 1 is 1.30 bits per heavy atom. The topological polar surface area (TPSA) is 81.9 Å². The van der Waals surface area contributed by atoms with E-state index in [1.54, 1.807) is 14.0 Å². The Balaban J connectivity index is 2.12. The van der Waals surface area contributed by atoms with Crippen LogP contribution in [0.1, 0.15) is 23.7 Å². The second-order valence-corrected chi connectivity index (χ2v) is 6.12. The highest BCUT2D eigenvalue weighted by atomic mass is 35.5. The number of anilines is 2. The van der Waals surface area contributed by atoms with E-state index in [-0.39, 0.29) is 10.9 Å². The zero-order valence-electron chi connectivity index (χ0n) is 15.0. The molecule has 2 aromatic heterocycles. The smallest absolute Gasteiger partial charge is 0.185 e. The van der Waals surface area contributed by atoms with Crippen LogP contribution in [0.4, 0.5) is 15.8 Å². The van der Waals surface area contributed by atoms with E-state index < -0.39 is 5.82 Å². The summed E-state index contributed by atoms with van der Waals surface area (Å²) in [6.07, 6.45) is 3.19. The largest absolute Gasteiger partial charge is 0.494 e. The highest BCUT2D eigenvalue weighted by Gasteiger charge is 2.19. The number of halogens is 2. The fourth-order valence-electron chi connectivity index (χ4n) is 2.63. The third kappa shape index (κ3) is 3.90. The number of nitrogens with one attached hydrogen (secondary N) is 1. The minimum atomic E-state index is -0.510. The zero-order chi connectivity index (χ0) is 19.6. The first-order chi connectivity index (χ1) is 12.9. The highest BCUT2D eigenvalue weighted by Crippen LogP contribution is 2.38. The molecular formula is C18H17ClFN5O2. The summed E-state index contributed by atoms with van der Waals surface area (Å²) in [5, 5.41) is 7.43. The van der Waals surface area contributed by atoms with Gasteiger partial charge in [0.25, 0.3) is 0 Å². The molecule has 3 rings (SSSR count). The molecule has 140 valence electrons. The summed E-state index contributed by atoms with van der Waals surface area (Å²) in [5.41, 5.74) is 1.45. The third-order valence-electron chi connectivity index (χ3n) is 3.86. The van der Waals surface area contributed by atoms with Crippen molar-refractivity contribution in [2.75, 3.05) is 12.4 Å². The average molecular weight is 390 g/mol. The Bertz CT molecular complexity index is 1010. The molecule has 0 aliphatic carbocycles. The summed E-state index contributed by atoms with van der Waals surface area (Å²) in [6.45, 7) is 1.74. The Morgan fingerprint density at radius 3 is 2.70 bits per heavy atom. The number of nitrogens with zero attached hydrogens (tertiary/aromatic N) is 4. The van der Waals surface area contributed by atoms with Gasteiger partial charge in [-0.25, -0.2) is 14.4 Å². The molecule has 0 unspecified atom stereocenters. The lowest BCUT2D eigenvalue weighted by molar-refractivity contribution is 0.0988. The second-order valence-electron chi connectivity index (χ2n) is 5.73. The molecule has 0 radical (unpaired) electrons. The van der Waals surface area contributed by atoms with Gasteiger partial charge < -0.3 is 10.1 Å². The molecule has 3 aromatic rings. The number of ketones is 1. The molecule has 9 heteroatoms. The van der Waals surface area contributed by atoms with Crippen molar-refractivity contribution in [3.8, 4) is 17.1 Å². The van der Waals surface area contributed by atoms with E-state index in [2.05, 4.69) is 20.4 Å². The molecular weight excluding hydrogens is 373 g/mol. The van der Waals surface area contributed by atoms with Gasteiger partial charge in [0.05, 0.1) is 29.6 Å². The average Bonchev–Trinajstić information content (AvgIpc) is 3.07. The van der Waals surface area contributed by atoms with E-state index in [1.807, 2.05) is 0 Å². The maximum Gasteiger partial charge on any atom is 0.185 e. The molecule has 0 atom stereocenters. The molecule has 0 aliphatic rings. The number of ether oxygens (including phenoxy) is 1. The maximum atomic E-state index is 14.3. The first kappa shape index (κ1) is 18.8. The van der Waals surface area contributed by atoms with E-state index in [4.69, 9.17) is 16.3 Å². The molecule has 1 N–H and O–H groups in total. The number of hydrogen-bond donors (Lipinski definition) is 1. The van der Waals surface area contributed by atoms with Crippen molar-refractivity contribution in [1.29, 1.82) is 0 Å². The number of Topliss-reactive ketones (excluding diaryl/α,β-unsaturated/α-hetero) is 1. The maximum absolute atomic E-state index is 14.3. The van der Waals surface area contributed by atoms with Gasteiger partial charge in [0.1, 0.15) is 17.3 Å². The molecule has 1 aromatic carbocycles. The number of carbonyl (C=O) groups excluding carboxylic acids is 1. The number of benzene rings is 1. The van der Waals surface area contributed by atoms with E-state index in [9.17, 15) is 9.18 Å². The minimum Gasteiger partial charge on any atom is -0.494 e. The van der Waals surface area contributed by atoms with E-state index in [0.717, 1.165) is 0 Å². The Kier molecular flexibility index (Phi) is 5.36. The van der Waals surface area contributed by atoms with Crippen molar-refractivity contribution in [1.82, 2.24) is 19.7 Å². The molecule has 0 bridgehead atoms. The van der Waals surface area contributed by atoms with E-state index in [0.29, 0.717) is 40.5 Å². The van der Waals surface area contributed by atoms with Crippen molar-refractivity contribution in [2.24, 2.45) is 7.05 Å². The van der Waals surface area contributed by atoms with Crippen molar-refractivity contribution < 1.29 is 13.9 Å². The SMILES string of the molecule is CCC(=O)c1cnc(Cl)cc1Nc1cc(F)cc(-c2ncn(C)n2)c1OC. The molecule has 2 heterocycles. The Labute approximate surface area is 160 Å². The number of aromatic nitrogens is 4. The molecule has 0 amide bonds. The van der Waals surface area contributed by atoms with Crippen LogP contribution in [0.25, 0.3) is 11.4 Å². The lowest BCUT2D eigenvalue weighted by Gasteiger charge is -2.16. The number of hydrogen-bond acceptors (Lipinski definition) is 6. The summed E-state index contributed by atoms with van der Waals surface area (Å²) in [7, 11) is 3.17. The van der Waals surface area contributed by atoms with Gasteiger partial charge in [-0.1, -0.05) is 18.5 Å². The van der Waals surface area contributed by atoms with Crippen molar-refractivity contribution in [3.63, 3.8) is 0 Å². The monoisotopic (exact) mass is 389 g/mol. The van der Waals surface area contributed by atoms with Gasteiger partial charge in [0.2, 0.25) is 0 Å². The second kappa shape index (κ2) is 7.71. The predicted octanol–water partition coefficient (Wildman–Crippen LogP) is 4.01. The molecule has 27 heavy (non-hydrogen) atoms. The van der Waals surface area contributed by atoms with Crippen molar-refractivity contribution in [3.05, 3.63) is 47.3 Å². The van der Waals surface area contributed by atoms with Crippen LogP contribution in [0.5, 0.6) is 5.75 Å². The van der Waals surface area contributed by atoms with Gasteiger partial charge in [0.15, 0.2) is 17.4 Å². The number of carbonyl (C=O) groups is 1. The summed E-state index contributed by atoms with van der Waals surface area (Å²) < 4.78 is 21.3. The number of aryl methyl sites for hydroxylation is 1. The Morgan fingerprint density at radius 2 is 2.07 bits per heavy atom. The molecule has 0 fully saturated rings. The Hall–Kier alpha value is -3.00. The van der Waals surface area contributed by atoms with Crippen molar-refractivity contribution in [2.45, 2.75) is 13.3 Å². The van der Waals surface area contributed by atoms with Crippen LogP contribution in [-0.2, 0) is 7.05 Å². The normalized spacial score (nSPS) is 10.7. The molecule has 0 spiro atoms. The van der Waals surface area contributed by atoms with E-state index in [1.165, 1.54) is 42.5 Å². The molecule has 0 saturated carbocycles. The lowest BCUT2D eigenvalue weighted by Crippen LogP contribution is -2.05. The minimum absolute atomic E-state index is 0.122. The quantitative estimate of drug-likeness (QED) is 0.506. The first-order valence-electron chi connectivity index (χ1n) is 8.12. The molecule has 0 aliphatic heterocycles. The van der Waals surface area contributed by atoms with Crippen LogP contribution in [0, 0.1) is 5.82 Å². The van der Waals surface area contributed by atoms with Crippen LogP contribution in [0.2, 0.25) is 5.15 Å². The van der Waals surface area contributed by atoms with E-state index >= 15 is 0 Å². The summed E-state index contributed by atoms with van der Waals surface area (Å²) in [5.74, 6) is 0.0212. The molecule has 7 nitrogen and oxygen atoms in total. The van der Waals surface area contributed by atoms with Gasteiger partial charge in [0, 0.05) is 25.7 Å². The summed E-state index contributed by atoms with van der Waals surface area (Å²) >= 11 is 5.98. The summed E-state index contributed by atoms with van der Waals surface area (Å²) in [4.78, 5) is 20.3. The predicted molar refractivity (Wildman–Crippen MR) is 100 cm³/mol. The van der Waals surface area contributed by atoms with Crippen LogP contribution in [-0.4, -0.2) is 32.6 Å². The van der Waals surface area contributed by atoms with Crippen LogP contribution in [0.15, 0.2) is 30.7 Å². The highest BCUT2D eigenvalue weighted by molar-refractivity contribution is 6.29. The fourth-order valence-corrected chi connectivity index (χ4v) is 2.78. The van der Waals surface area contributed by atoms with Gasteiger partial charge in [-0.3, -0.25) is 9.48 Å². The van der Waals surface area contributed by atoms with Crippen LogP contribution < -0.4 is 10.1 Å². The molecule has 0 saturated heterocycles. The van der Waals surface area contributed by atoms with Gasteiger partial charge in [-0.2, -0.15) is 5.10 Å². The first-order valence-corrected chi connectivity index (χ1v) is 8.50. The van der Waals surface area contributed by atoms with Crippen LogP contribution in [0.3, 0.4) is 0 Å². The standard InChI is InChI=1S/C18H17ClFN5O2/c1-4-15(26)12-8-21-16(19)7-13(12)23-14-6-10(20)5-11(17(14)27-3)18-22-9-25(2)24-18/h5-9H,4H2,1-3H3,(H,21,23). The summed E-state index contributed by atoms with van der Waals surface area (Å²) in [6, 6.07) is 4.06. The zero-order valence-corrected chi connectivity index (χ0v) is 15.7.